The average Bonchev–Trinajstić information content (AvgIpc) is 2.72. The molecule has 1 amide bonds. The Hall–Kier alpha value is -2.60. The first-order chi connectivity index (χ1) is 14.0. The molecule has 3 rings (SSSR count). The third-order valence-corrected chi connectivity index (χ3v) is 5.97. The van der Waals surface area contributed by atoms with E-state index >= 15 is 0 Å². The van der Waals surface area contributed by atoms with Crippen LogP contribution in [0, 0.1) is 0 Å². The number of carbonyl (C=O) groups is 3. The topological polar surface area (TPSA) is 83.5 Å². The maximum absolute atomic E-state index is 12.8. The standard InChI is InChI=1S/C23H25NO4S/c1-2-29-23(28)20-14-18(24-21(25)10-11-22(26)27)12-17-9-8-16(13-19(17)20)15-6-4-3-5-7-15/h3-9,13,18,20H,2,10-12,14H2,1H3,(H,24,25)(H,26,27)/t18-,20+/m1/s1. The Morgan fingerprint density at radius 3 is 2.52 bits per heavy atom. The van der Waals surface area contributed by atoms with Crippen molar-refractivity contribution in [3.63, 3.8) is 0 Å². The Kier molecular flexibility index (Phi) is 7.09. The van der Waals surface area contributed by atoms with Crippen LogP contribution < -0.4 is 5.32 Å². The first kappa shape index (κ1) is 21.1. The van der Waals surface area contributed by atoms with E-state index in [0.29, 0.717) is 18.6 Å². The van der Waals surface area contributed by atoms with Crippen molar-refractivity contribution < 1.29 is 19.5 Å². The van der Waals surface area contributed by atoms with E-state index in [0.717, 1.165) is 22.3 Å². The monoisotopic (exact) mass is 411 g/mol. The summed E-state index contributed by atoms with van der Waals surface area (Å²) in [6, 6.07) is 16.1. The van der Waals surface area contributed by atoms with Gasteiger partial charge in [-0.1, -0.05) is 67.2 Å². The van der Waals surface area contributed by atoms with Crippen LogP contribution in [0.4, 0.5) is 0 Å². The van der Waals surface area contributed by atoms with Gasteiger partial charge in [-0.3, -0.25) is 14.4 Å². The van der Waals surface area contributed by atoms with Crippen LogP contribution >= 0.6 is 11.8 Å². The lowest BCUT2D eigenvalue weighted by atomic mass is 9.79. The molecule has 0 fully saturated rings. The predicted octanol–water partition coefficient (Wildman–Crippen LogP) is 4.01. The van der Waals surface area contributed by atoms with E-state index in [2.05, 4.69) is 17.4 Å². The van der Waals surface area contributed by atoms with Crippen molar-refractivity contribution in [3.8, 4) is 11.1 Å². The summed E-state index contributed by atoms with van der Waals surface area (Å²) in [5.41, 5.74) is 4.28. The van der Waals surface area contributed by atoms with Crippen LogP contribution in [0.2, 0.25) is 0 Å². The number of aliphatic carboxylic acids is 1. The minimum Gasteiger partial charge on any atom is -0.481 e. The highest BCUT2D eigenvalue weighted by Gasteiger charge is 2.32. The number of fused-ring (bicyclic) bond motifs is 1. The van der Waals surface area contributed by atoms with Crippen LogP contribution in [0.25, 0.3) is 11.1 Å². The largest absolute Gasteiger partial charge is 0.481 e. The molecule has 2 aromatic carbocycles. The van der Waals surface area contributed by atoms with E-state index in [-0.39, 0.29) is 35.8 Å². The van der Waals surface area contributed by atoms with Crippen molar-refractivity contribution in [2.45, 2.75) is 44.6 Å². The van der Waals surface area contributed by atoms with E-state index < -0.39 is 5.97 Å². The van der Waals surface area contributed by atoms with Gasteiger partial charge in [0.15, 0.2) is 5.12 Å². The van der Waals surface area contributed by atoms with Gasteiger partial charge in [-0.05, 0) is 40.8 Å². The van der Waals surface area contributed by atoms with Gasteiger partial charge >= 0.3 is 5.97 Å². The van der Waals surface area contributed by atoms with E-state index in [1.807, 2.05) is 43.3 Å². The molecule has 0 unspecified atom stereocenters. The number of benzene rings is 2. The molecule has 0 saturated carbocycles. The zero-order valence-electron chi connectivity index (χ0n) is 16.4. The van der Waals surface area contributed by atoms with Gasteiger partial charge in [0.25, 0.3) is 0 Å². The van der Waals surface area contributed by atoms with Crippen LogP contribution in [0.3, 0.4) is 0 Å². The zero-order chi connectivity index (χ0) is 20.8. The molecule has 0 bridgehead atoms. The van der Waals surface area contributed by atoms with Crippen molar-refractivity contribution in [2.24, 2.45) is 0 Å². The summed E-state index contributed by atoms with van der Waals surface area (Å²) in [7, 11) is 0. The second-order valence-electron chi connectivity index (χ2n) is 7.18. The molecule has 1 aliphatic rings. The Balaban J connectivity index is 1.85. The molecular weight excluding hydrogens is 386 g/mol. The number of carboxylic acids is 1. The minimum atomic E-state index is -0.991. The number of carbonyl (C=O) groups excluding carboxylic acids is 2. The highest BCUT2D eigenvalue weighted by Crippen LogP contribution is 2.37. The highest BCUT2D eigenvalue weighted by molar-refractivity contribution is 8.13. The Morgan fingerprint density at radius 1 is 1.07 bits per heavy atom. The number of carboxylic acid groups (broad SMARTS) is 1. The maximum atomic E-state index is 12.8. The molecule has 6 heteroatoms. The first-order valence-electron chi connectivity index (χ1n) is 9.84. The lowest BCUT2D eigenvalue weighted by Gasteiger charge is -2.31. The molecule has 0 saturated heterocycles. The van der Waals surface area contributed by atoms with Crippen LogP contribution in [-0.2, 0) is 20.8 Å². The van der Waals surface area contributed by atoms with Crippen molar-refractivity contribution in [1.82, 2.24) is 5.32 Å². The van der Waals surface area contributed by atoms with E-state index in [4.69, 9.17) is 5.11 Å². The number of rotatable bonds is 7. The lowest BCUT2D eigenvalue weighted by molar-refractivity contribution is -0.138. The van der Waals surface area contributed by atoms with Gasteiger partial charge in [0, 0.05) is 12.5 Å². The molecule has 0 aliphatic heterocycles. The Morgan fingerprint density at radius 2 is 1.83 bits per heavy atom. The summed E-state index contributed by atoms with van der Waals surface area (Å²) in [4.78, 5) is 35.6. The fourth-order valence-corrected chi connectivity index (χ4v) is 4.48. The zero-order valence-corrected chi connectivity index (χ0v) is 17.2. The molecule has 0 spiro atoms. The first-order valence-corrected chi connectivity index (χ1v) is 10.8. The number of amides is 1. The number of nitrogens with one attached hydrogen (secondary N) is 1. The number of hydrogen-bond acceptors (Lipinski definition) is 4. The molecule has 2 atom stereocenters. The van der Waals surface area contributed by atoms with Crippen molar-refractivity contribution >= 4 is 28.8 Å². The molecule has 29 heavy (non-hydrogen) atoms. The molecule has 0 radical (unpaired) electrons. The summed E-state index contributed by atoms with van der Waals surface area (Å²) in [6.07, 6.45) is 0.942. The van der Waals surface area contributed by atoms with E-state index in [9.17, 15) is 14.4 Å². The van der Waals surface area contributed by atoms with Gasteiger partial charge < -0.3 is 10.4 Å². The minimum absolute atomic E-state index is 0.0477. The van der Waals surface area contributed by atoms with E-state index in [1.165, 1.54) is 11.8 Å². The molecule has 0 heterocycles. The predicted molar refractivity (Wildman–Crippen MR) is 115 cm³/mol. The lowest BCUT2D eigenvalue weighted by Crippen LogP contribution is -2.41. The molecule has 2 N–H and O–H groups in total. The fraction of sp³-hybridized carbons (Fsp3) is 0.348. The van der Waals surface area contributed by atoms with Gasteiger partial charge in [-0.15, -0.1) is 0 Å². The second-order valence-corrected chi connectivity index (χ2v) is 8.45. The summed E-state index contributed by atoms with van der Waals surface area (Å²) >= 11 is 1.31. The third kappa shape index (κ3) is 5.48. The molecule has 1 aliphatic carbocycles. The highest BCUT2D eigenvalue weighted by atomic mass is 32.2. The van der Waals surface area contributed by atoms with Crippen LogP contribution in [0.1, 0.15) is 43.2 Å². The molecular formula is C23H25NO4S. The average molecular weight is 412 g/mol. The van der Waals surface area contributed by atoms with Gasteiger partial charge in [-0.2, -0.15) is 0 Å². The van der Waals surface area contributed by atoms with Gasteiger partial charge in [-0.25, -0.2) is 0 Å². The van der Waals surface area contributed by atoms with E-state index in [1.54, 1.807) is 0 Å². The van der Waals surface area contributed by atoms with Crippen molar-refractivity contribution in [3.05, 3.63) is 59.7 Å². The molecule has 152 valence electrons. The Labute approximate surface area is 174 Å². The molecule has 5 nitrogen and oxygen atoms in total. The Bertz CT molecular complexity index is 897. The van der Waals surface area contributed by atoms with Crippen molar-refractivity contribution in [2.75, 3.05) is 5.75 Å². The van der Waals surface area contributed by atoms with Crippen molar-refractivity contribution in [1.29, 1.82) is 0 Å². The van der Waals surface area contributed by atoms with Gasteiger partial charge in [0.1, 0.15) is 0 Å². The maximum Gasteiger partial charge on any atom is 0.303 e. The number of hydrogen-bond donors (Lipinski definition) is 2. The summed E-state index contributed by atoms with van der Waals surface area (Å²) in [5.74, 6) is -0.846. The second kappa shape index (κ2) is 9.74. The summed E-state index contributed by atoms with van der Waals surface area (Å²) in [6.45, 7) is 1.96. The van der Waals surface area contributed by atoms with Crippen LogP contribution in [0.15, 0.2) is 48.5 Å². The smallest absolute Gasteiger partial charge is 0.303 e. The number of thioether (sulfide) groups is 1. The quantitative estimate of drug-likeness (QED) is 0.719. The molecule has 0 aromatic heterocycles. The van der Waals surface area contributed by atoms with Gasteiger partial charge in [0.05, 0.1) is 12.3 Å². The van der Waals surface area contributed by atoms with Gasteiger partial charge in [0.2, 0.25) is 5.91 Å². The summed E-state index contributed by atoms with van der Waals surface area (Å²) in [5, 5.41) is 11.8. The fourth-order valence-electron chi connectivity index (χ4n) is 3.77. The van der Waals surface area contributed by atoms with Crippen LogP contribution in [-0.4, -0.2) is 33.9 Å². The third-order valence-electron chi connectivity index (χ3n) is 5.12. The normalized spacial score (nSPS) is 18.0. The van der Waals surface area contributed by atoms with Crippen LogP contribution in [0.5, 0.6) is 0 Å². The summed E-state index contributed by atoms with van der Waals surface area (Å²) < 4.78 is 0. The molecule has 2 aromatic rings. The SMILES string of the molecule is CCSC(=O)[C@H]1C[C@H](NC(=O)CCC(=O)O)Cc2ccc(-c3ccccc3)cc21.